The molecule has 60 valence electrons. The van der Waals surface area contributed by atoms with Crippen LogP contribution in [0, 0.1) is 0 Å². The Kier molecular flexibility index (Phi) is 1.50. The Labute approximate surface area is 71.9 Å². The van der Waals surface area contributed by atoms with Gasteiger partial charge < -0.3 is 10.6 Å². The number of amides is 1. The number of halogens is 1. The van der Waals surface area contributed by atoms with Gasteiger partial charge in [0.15, 0.2) is 6.17 Å². The fraction of sp³-hybridized carbons (Fsp3) is 0.400. The van der Waals surface area contributed by atoms with E-state index in [4.69, 9.17) is 0 Å². The molecule has 0 saturated carbocycles. The van der Waals surface area contributed by atoms with Crippen molar-refractivity contribution in [1.82, 2.24) is 21.1 Å². The highest BCUT2D eigenvalue weighted by Crippen LogP contribution is 2.18. The van der Waals surface area contributed by atoms with Crippen LogP contribution in [0.4, 0.5) is 0 Å². The van der Waals surface area contributed by atoms with Crippen molar-refractivity contribution in [3.8, 4) is 0 Å². The predicted octanol–water partition coefficient (Wildman–Crippen LogP) is -0.997. The molecule has 0 aromatic heterocycles. The van der Waals surface area contributed by atoms with Crippen molar-refractivity contribution in [2.45, 2.75) is 6.17 Å². The van der Waals surface area contributed by atoms with E-state index in [2.05, 4.69) is 32.0 Å². The first kappa shape index (κ1) is 6.93. The Bertz CT molecular complexity index is 229. The maximum Gasteiger partial charge on any atom is 0.265 e. The van der Waals surface area contributed by atoms with Crippen LogP contribution in [0.1, 0.15) is 0 Å². The summed E-state index contributed by atoms with van der Waals surface area (Å²) in [6.45, 7) is 0.472. The second-order valence-electron chi connectivity index (χ2n) is 2.28. The quantitative estimate of drug-likeness (QED) is 0.457. The summed E-state index contributed by atoms with van der Waals surface area (Å²) in [7, 11) is 0. The number of hydrogen-bond donors (Lipinski definition) is 3. The van der Waals surface area contributed by atoms with Gasteiger partial charge in [-0.05, 0) is 15.9 Å². The summed E-state index contributed by atoms with van der Waals surface area (Å²) in [5, 5.41) is 7.30. The molecule has 6 heteroatoms. The molecule has 2 heterocycles. The Morgan fingerprint density at radius 2 is 2.55 bits per heavy atom. The molecule has 3 N–H and O–H groups in total. The largest absolute Gasteiger partial charge is 0.360 e. The number of rotatable bonds is 0. The normalized spacial score (nSPS) is 28.8. The number of nitrogens with one attached hydrogen (secondary N) is 3. The maximum atomic E-state index is 11.1. The molecule has 1 amide bonds. The second-order valence-corrected chi connectivity index (χ2v) is 3.09. The summed E-state index contributed by atoms with van der Waals surface area (Å²) in [6.07, 6.45) is 1.43. The zero-order valence-corrected chi connectivity index (χ0v) is 7.18. The van der Waals surface area contributed by atoms with Gasteiger partial charge in [0.25, 0.3) is 5.91 Å². The van der Waals surface area contributed by atoms with E-state index in [1.807, 2.05) is 0 Å². The summed E-state index contributed by atoms with van der Waals surface area (Å²) in [5.41, 5.74) is 2.98. The molecule has 0 bridgehead atoms. The van der Waals surface area contributed by atoms with Crippen LogP contribution in [-0.4, -0.2) is 23.8 Å². The van der Waals surface area contributed by atoms with Crippen LogP contribution in [0.3, 0.4) is 0 Å². The van der Waals surface area contributed by atoms with Crippen LogP contribution in [-0.2, 0) is 4.79 Å². The predicted molar refractivity (Wildman–Crippen MR) is 41.9 cm³/mol. The SMILES string of the molecule is O=C1NCNN2C(Br)=CNC12. The van der Waals surface area contributed by atoms with Crippen molar-refractivity contribution in [2.75, 3.05) is 6.67 Å². The molecule has 11 heavy (non-hydrogen) atoms. The molecular formula is C5H7BrN4O. The maximum absolute atomic E-state index is 11.1. The molecule has 1 saturated heterocycles. The molecule has 5 nitrogen and oxygen atoms in total. The first-order valence-corrected chi connectivity index (χ1v) is 4.00. The van der Waals surface area contributed by atoms with E-state index in [0.29, 0.717) is 6.67 Å². The summed E-state index contributed by atoms with van der Waals surface area (Å²) in [5.74, 6) is -0.0190. The third-order valence-electron chi connectivity index (χ3n) is 1.61. The van der Waals surface area contributed by atoms with E-state index >= 15 is 0 Å². The van der Waals surface area contributed by atoms with E-state index in [-0.39, 0.29) is 12.1 Å². The lowest BCUT2D eigenvalue weighted by molar-refractivity contribution is -0.130. The standard InChI is InChI=1S/C5H7BrN4O/c6-3-1-7-4-5(11)8-2-9-10(3)4/h1,4,7,9H,2H2,(H,8,11). The minimum atomic E-state index is -0.307. The van der Waals surface area contributed by atoms with E-state index in [0.717, 1.165) is 4.61 Å². The second kappa shape index (κ2) is 2.38. The third kappa shape index (κ3) is 0.982. The molecule has 2 aliphatic rings. The highest BCUT2D eigenvalue weighted by Gasteiger charge is 2.33. The monoisotopic (exact) mass is 218 g/mol. The van der Waals surface area contributed by atoms with Gasteiger partial charge in [-0.1, -0.05) is 0 Å². The molecule has 0 aromatic carbocycles. The van der Waals surface area contributed by atoms with Crippen molar-refractivity contribution in [2.24, 2.45) is 0 Å². The van der Waals surface area contributed by atoms with Crippen molar-refractivity contribution in [3.05, 3.63) is 10.8 Å². The van der Waals surface area contributed by atoms with Crippen molar-refractivity contribution in [3.63, 3.8) is 0 Å². The number of nitrogens with zero attached hydrogens (tertiary/aromatic N) is 1. The van der Waals surface area contributed by atoms with Crippen LogP contribution >= 0.6 is 15.9 Å². The lowest BCUT2D eigenvalue weighted by Gasteiger charge is -2.31. The lowest BCUT2D eigenvalue weighted by atomic mass is 10.4. The first-order chi connectivity index (χ1) is 5.29. The van der Waals surface area contributed by atoms with Gasteiger partial charge in [0.1, 0.15) is 4.61 Å². The fourth-order valence-electron chi connectivity index (χ4n) is 1.08. The van der Waals surface area contributed by atoms with Gasteiger partial charge in [-0.2, -0.15) is 0 Å². The number of hydrogen-bond acceptors (Lipinski definition) is 4. The Morgan fingerprint density at radius 1 is 1.73 bits per heavy atom. The van der Waals surface area contributed by atoms with Crippen molar-refractivity contribution >= 4 is 21.8 Å². The zero-order valence-electron chi connectivity index (χ0n) is 5.60. The topological polar surface area (TPSA) is 56.4 Å². The van der Waals surface area contributed by atoms with Crippen LogP contribution in [0.2, 0.25) is 0 Å². The number of carbonyl (C=O) groups is 1. The summed E-state index contributed by atoms with van der Waals surface area (Å²) < 4.78 is 0.845. The molecule has 2 aliphatic heterocycles. The van der Waals surface area contributed by atoms with Crippen LogP contribution in [0.25, 0.3) is 0 Å². The molecular weight excluding hydrogens is 212 g/mol. The molecule has 1 fully saturated rings. The van der Waals surface area contributed by atoms with E-state index in [1.54, 1.807) is 11.2 Å². The van der Waals surface area contributed by atoms with Gasteiger partial charge in [0.05, 0.1) is 6.67 Å². The minimum absolute atomic E-state index is 0.0190. The molecule has 0 radical (unpaired) electrons. The van der Waals surface area contributed by atoms with Gasteiger partial charge in [-0.3, -0.25) is 9.80 Å². The first-order valence-electron chi connectivity index (χ1n) is 3.21. The Morgan fingerprint density at radius 3 is 3.27 bits per heavy atom. The average Bonchev–Trinajstić information content (AvgIpc) is 2.35. The minimum Gasteiger partial charge on any atom is -0.360 e. The zero-order chi connectivity index (χ0) is 7.84. The van der Waals surface area contributed by atoms with Gasteiger partial charge in [-0.15, -0.1) is 0 Å². The van der Waals surface area contributed by atoms with Crippen molar-refractivity contribution < 1.29 is 4.79 Å². The highest BCUT2D eigenvalue weighted by molar-refractivity contribution is 9.11. The number of fused-ring (bicyclic) bond motifs is 1. The molecule has 0 aromatic rings. The van der Waals surface area contributed by atoms with Gasteiger partial charge in [0, 0.05) is 6.20 Å². The lowest BCUT2D eigenvalue weighted by Crippen LogP contribution is -2.61. The summed E-state index contributed by atoms with van der Waals surface area (Å²) in [4.78, 5) is 11.1. The highest BCUT2D eigenvalue weighted by atomic mass is 79.9. The number of hydrazine groups is 1. The van der Waals surface area contributed by atoms with Gasteiger partial charge in [0.2, 0.25) is 0 Å². The molecule has 0 spiro atoms. The van der Waals surface area contributed by atoms with Gasteiger partial charge in [-0.25, -0.2) is 5.43 Å². The summed E-state index contributed by atoms with van der Waals surface area (Å²) >= 11 is 3.29. The third-order valence-corrected chi connectivity index (χ3v) is 2.22. The Hall–Kier alpha value is -0.750. The van der Waals surface area contributed by atoms with E-state index in [9.17, 15) is 4.79 Å². The van der Waals surface area contributed by atoms with E-state index < -0.39 is 0 Å². The van der Waals surface area contributed by atoms with Crippen LogP contribution < -0.4 is 16.1 Å². The average molecular weight is 219 g/mol. The molecule has 1 unspecified atom stereocenters. The molecule has 0 aliphatic carbocycles. The van der Waals surface area contributed by atoms with Crippen LogP contribution in [0.15, 0.2) is 10.8 Å². The Balaban J connectivity index is 2.18. The fourth-order valence-corrected chi connectivity index (χ4v) is 1.55. The summed E-state index contributed by atoms with van der Waals surface area (Å²) in [6, 6.07) is 0. The van der Waals surface area contributed by atoms with Crippen molar-refractivity contribution in [1.29, 1.82) is 0 Å². The van der Waals surface area contributed by atoms with Gasteiger partial charge >= 0.3 is 0 Å². The number of carbonyl (C=O) groups excluding carboxylic acids is 1. The molecule has 1 atom stereocenters. The smallest absolute Gasteiger partial charge is 0.265 e. The van der Waals surface area contributed by atoms with Crippen LogP contribution in [0.5, 0.6) is 0 Å². The van der Waals surface area contributed by atoms with E-state index in [1.165, 1.54) is 0 Å². The molecule has 2 rings (SSSR count).